The van der Waals surface area contributed by atoms with Crippen molar-refractivity contribution in [2.75, 3.05) is 25.5 Å². The van der Waals surface area contributed by atoms with Crippen LogP contribution in [0.15, 0.2) is 18.2 Å². The van der Waals surface area contributed by atoms with Gasteiger partial charge >= 0.3 is 12.0 Å². The fourth-order valence-corrected chi connectivity index (χ4v) is 4.38. The van der Waals surface area contributed by atoms with Crippen LogP contribution in [-0.2, 0) is 4.79 Å². The van der Waals surface area contributed by atoms with Crippen LogP contribution >= 0.6 is 0 Å². The molecule has 2 aliphatic rings. The molecule has 2 fully saturated rings. The Hall–Kier alpha value is -3.17. The summed E-state index contributed by atoms with van der Waals surface area (Å²) in [6, 6.07) is 4.87. The van der Waals surface area contributed by atoms with E-state index in [1.807, 2.05) is 0 Å². The predicted octanol–water partition coefficient (Wildman–Crippen LogP) is 1.70. The Morgan fingerprint density at radius 3 is 2.86 bits per heavy atom. The number of carbonyl (C=O) groups excluding carboxylic acids is 1. The van der Waals surface area contributed by atoms with E-state index in [-0.39, 0.29) is 18.5 Å². The number of ether oxygens (including phenoxy) is 1. The van der Waals surface area contributed by atoms with Crippen molar-refractivity contribution in [2.24, 2.45) is 11.3 Å². The highest BCUT2D eigenvalue weighted by Gasteiger charge is 2.55. The molecule has 4 rings (SSSR count). The molecule has 28 heavy (non-hydrogen) atoms. The van der Waals surface area contributed by atoms with E-state index in [1.165, 1.54) is 4.68 Å². The number of methoxy groups -OCH3 is 1. The minimum Gasteiger partial charge on any atom is -0.494 e. The molecule has 2 N–H and O–H groups in total. The maximum Gasteiger partial charge on any atom is 0.321 e. The minimum absolute atomic E-state index is 0.0195. The van der Waals surface area contributed by atoms with Gasteiger partial charge < -0.3 is 20.1 Å². The number of carboxylic acid groups (broad SMARTS) is 1. The summed E-state index contributed by atoms with van der Waals surface area (Å²) in [5.74, 6) is 0.365. The van der Waals surface area contributed by atoms with E-state index >= 15 is 0 Å². The molecule has 0 unspecified atom stereocenters. The molecular weight excluding hydrogens is 364 g/mol. The number of benzene rings is 1. The summed E-state index contributed by atoms with van der Waals surface area (Å²) in [5.41, 5.74) is 0.353. The van der Waals surface area contributed by atoms with Crippen molar-refractivity contribution < 1.29 is 19.4 Å². The quantitative estimate of drug-likeness (QED) is 0.820. The molecule has 1 aliphatic heterocycles. The molecule has 1 aromatic heterocycles. The van der Waals surface area contributed by atoms with Gasteiger partial charge in [-0.15, -0.1) is 5.10 Å². The van der Waals surface area contributed by atoms with Crippen LogP contribution in [0.5, 0.6) is 5.75 Å². The molecule has 10 nitrogen and oxygen atoms in total. The highest BCUT2D eigenvalue weighted by molar-refractivity contribution is 5.91. The number of urea groups is 1. The molecular formula is C18H22N6O4. The second kappa shape index (κ2) is 6.77. The molecule has 2 aromatic rings. The average Bonchev–Trinajstić information content (AvgIpc) is 3.35. The molecule has 0 radical (unpaired) electrons. The van der Waals surface area contributed by atoms with E-state index < -0.39 is 11.4 Å². The number of nitrogens with zero attached hydrogens (tertiary/aromatic N) is 5. The molecule has 1 aromatic carbocycles. The third-order valence-corrected chi connectivity index (χ3v) is 5.87. The second-order valence-corrected chi connectivity index (χ2v) is 7.39. The second-order valence-electron chi connectivity index (χ2n) is 7.39. The predicted molar refractivity (Wildman–Crippen MR) is 98.4 cm³/mol. The SMILES string of the molecule is COc1ccc(NC(=O)N2C[C@@H]3CCC[C@@]3(C(=O)O)C2)cc1-n1nnnc1C. The number of carbonyl (C=O) groups is 2. The molecule has 2 amide bonds. The summed E-state index contributed by atoms with van der Waals surface area (Å²) >= 11 is 0. The van der Waals surface area contributed by atoms with Gasteiger partial charge in [-0.2, -0.15) is 4.68 Å². The van der Waals surface area contributed by atoms with E-state index in [1.54, 1.807) is 37.1 Å². The van der Waals surface area contributed by atoms with Gasteiger partial charge in [0.2, 0.25) is 0 Å². The first kappa shape index (κ1) is 18.2. The van der Waals surface area contributed by atoms with Crippen molar-refractivity contribution in [1.82, 2.24) is 25.1 Å². The lowest BCUT2D eigenvalue weighted by molar-refractivity contribution is -0.149. The number of hydrogen-bond acceptors (Lipinski definition) is 6. The highest BCUT2D eigenvalue weighted by atomic mass is 16.5. The molecule has 1 aliphatic carbocycles. The average molecular weight is 386 g/mol. The lowest BCUT2D eigenvalue weighted by atomic mass is 9.81. The number of nitrogens with one attached hydrogen (secondary N) is 1. The fraction of sp³-hybridized carbons (Fsp3) is 0.500. The first-order valence-corrected chi connectivity index (χ1v) is 9.17. The van der Waals surface area contributed by atoms with Crippen LogP contribution in [0.3, 0.4) is 0 Å². The van der Waals surface area contributed by atoms with Gasteiger partial charge in [0.25, 0.3) is 0 Å². The minimum atomic E-state index is -0.800. The number of tetrazole rings is 1. The van der Waals surface area contributed by atoms with Crippen LogP contribution in [0.2, 0.25) is 0 Å². The van der Waals surface area contributed by atoms with E-state index in [4.69, 9.17) is 4.74 Å². The van der Waals surface area contributed by atoms with Crippen molar-refractivity contribution >= 4 is 17.7 Å². The first-order chi connectivity index (χ1) is 13.4. The lowest BCUT2D eigenvalue weighted by Crippen LogP contribution is -2.38. The number of aromatic nitrogens is 4. The summed E-state index contributed by atoms with van der Waals surface area (Å²) in [5, 5.41) is 24.0. The number of aryl methyl sites for hydroxylation is 1. The summed E-state index contributed by atoms with van der Waals surface area (Å²) in [6.07, 6.45) is 2.38. The van der Waals surface area contributed by atoms with Gasteiger partial charge in [0.15, 0.2) is 5.82 Å². The first-order valence-electron chi connectivity index (χ1n) is 9.17. The Bertz CT molecular complexity index is 929. The summed E-state index contributed by atoms with van der Waals surface area (Å²) in [4.78, 5) is 26.2. The van der Waals surface area contributed by atoms with Gasteiger partial charge in [-0.3, -0.25) is 4.79 Å². The Kier molecular flexibility index (Phi) is 4.40. The molecule has 0 bridgehead atoms. The summed E-state index contributed by atoms with van der Waals surface area (Å²) in [7, 11) is 1.55. The van der Waals surface area contributed by atoms with Gasteiger partial charge in [-0.1, -0.05) is 6.42 Å². The van der Waals surface area contributed by atoms with Crippen molar-refractivity contribution in [1.29, 1.82) is 0 Å². The van der Waals surface area contributed by atoms with Crippen molar-refractivity contribution in [3.05, 3.63) is 24.0 Å². The largest absolute Gasteiger partial charge is 0.494 e. The Labute approximate surface area is 161 Å². The number of amides is 2. The van der Waals surface area contributed by atoms with Crippen LogP contribution in [0.1, 0.15) is 25.1 Å². The Morgan fingerprint density at radius 1 is 1.39 bits per heavy atom. The number of rotatable bonds is 4. The number of anilines is 1. The zero-order valence-corrected chi connectivity index (χ0v) is 15.8. The molecule has 2 heterocycles. The van der Waals surface area contributed by atoms with Gasteiger partial charge in [0.1, 0.15) is 11.4 Å². The summed E-state index contributed by atoms with van der Waals surface area (Å²) in [6.45, 7) is 2.47. The Balaban J connectivity index is 1.54. The number of carboxylic acids is 1. The smallest absolute Gasteiger partial charge is 0.321 e. The number of hydrogen-bond donors (Lipinski definition) is 2. The third kappa shape index (κ3) is 2.85. The summed E-state index contributed by atoms with van der Waals surface area (Å²) < 4.78 is 6.89. The van der Waals surface area contributed by atoms with Crippen molar-refractivity contribution in [3.63, 3.8) is 0 Å². The standard InChI is InChI=1S/C18H22N6O4/c1-11-20-21-22-24(11)14-8-13(5-6-15(14)28-2)19-17(27)23-9-12-4-3-7-18(12,10-23)16(25)26/h5-6,8,12H,3-4,7,9-10H2,1-2H3,(H,19,27)(H,25,26)/t12-,18+/m0/s1. The molecule has 0 spiro atoms. The normalized spacial score (nSPS) is 23.5. The van der Waals surface area contributed by atoms with E-state index in [0.29, 0.717) is 35.9 Å². The number of likely N-dealkylation sites (tertiary alicyclic amines) is 1. The van der Waals surface area contributed by atoms with Crippen LogP contribution in [-0.4, -0.2) is 62.4 Å². The molecule has 10 heteroatoms. The van der Waals surface area contributed by atoms with E-state index in [9.17, 15) is 14.7 Å². The van der Waals surface area contributed by atoms with Gasteiger partial charge in [0.05, 0.1) is 12.5 Å². The fourth-order valence-electron chi connectivity index (χ4n) is 4.38. The van der Waals surface area contributed by atoms with Gasteiger partial charge in [-0.05, 0) is 54.3 Å². The van der Waals surface area contributed by atoms with Crippen LogP contribution in [0.4, 0.5) is 10.5 Å². The lowest BCUT2D eigenvalue weighted by Gasteiger charge is -2.23. The number of aliphatic carboxylic acids is 1. The van der Waals surface area contributed by atoms with Crippen LogP contribution in [0.25, 0.3) is 5.69 Å². The monoisotopic (exact) mass is 386 g/mol. The zero-order valence-electron chi connectivity index (χ0n) is 15.8. The molecule has 2 atom stereocenters. The molecule has 1 saturated carbocycles. The van der Waals surface area contributed by atoms with Gasteiger partial charge in [-0.25, -0.2) is 4.79 Å². The van der Waals surface area contributed by atoms with Gasteiger partial charge in [0, 0.05) is 18.8 Å². The van der Waals surface area contributed by atoms with Crippen LogP contribution in [0, 0.1) is 18.3 Å². The van der Waals surface area contributed by atoms with Crippen LogP contribution < -0.4 is 10.1 Å². The highest BCUT2D eigenvalue weighted by Crippen LogP contribution is 2.49. The zero-order chi connectivity index (χ0) is 19.9. The van der Waals surface area contributed by atoms with E-state index in [0.717, 1.165) is 12.8 Å². The van der Waals surface area contributed by atoms with Crippen molar-refractivity contribution in [2.45, 2.75) is 26.2 Å². The topological polar surface area (TPSA) is 122 Å². The van der Waals surface area contributed by atoms with Crippen molar-refractivity contribution in [3.8, 4) is 11.4 Å². The Morgan fingerprint density at radius 2 is 2.21 bits per heavy atom. The third-order valence-electron chi connectivity index (χ3n) is 5.87. The maximum atomic E-state index is 12.8. The van der Waals surface area contributed by atoms with E-state index in [2.05, 4.69) is 20.8 Å². The molecule has 148 valence electrons. The maximum absolute atomic E-state index is 12.8. The number of fused-ring (bicyclic) bond motifs is 1. The molecule has 1 saturated heterocycles.